The predicted molar refractivity (Wildman–Crippen MR) is 119 cm³/mol. The maximum absolute atomic E-state index is 13.9. The quantitative estimate of drug-likeness (QED) is 0.561. The number of benzene rings is 2. The molecule has 2 atom stereocenters. The minimum atomic E-state index is -3.30. The van der Waals surface area contributed by atoms with Gasteiger partial charge in [0.1, 0.15) is 11.9 Å². The van der Waals surface area contributed by atoms with E-state index in [1.165, 1.54) is 18.2 Å². The van der Waals surface area contributed by atoms with Gasteiger partial charge in [-0.05, 0) is 55.2 Å². The van der Waals surface area contributed by atoms with Crippen LogP contribution >= 0.6 is 0 Å². The number of amides is 1. The van der Waals surface area contributed by atoms with E-state index in [-0.39, 0.29) is 35.5 Å². The van der Waals surface area contributed by atoms with Crippen LogP contribution in [0.5, 0.6) is 0 Å². The van der Waals surface area contributed by atoms with Gasteiger partial charge < -0.3 is 15.2 Å². The van der Waals surface area contributed by atoms with Crippen molar-refractivity contribution in [2.24, 2.45) is 5.73 Å². The normalized spacial score (nSPS) is 17.3. The van der Waals surface area contributed by atoms with Crippen molar-refractivity contribution in [1.82, 2.24) is 15.0 Å². The number of likely N-dealkylation sites (tertiary alicyclic amines) is 1. The van der Waals surface area contributed by atoms with Gasteiger partial charge in [0.2, 0.25) is 17.6 Å². The van der Waals surface area contributed by atoms with Crippen LogP contribution in [0.2, 0.25) is 0 Å². The third-order valence-corrected chi connectivity index (χ3v) is 6.85. The fourth-order valence-corrected chi connectivity index (χ4v) is 4.65. The Morgan fingerprint density at radius 1 is 1.24 bits per heavy atom. The summed E-state index contributed by atoms with van der Waals surface area (Å²) >= 11 is 0. The number of hydrogen-bond donors (Lipinski definition) is 1. The molecular formula is C23H25FN4O4S. The maximum atomic E-state index is 13.9. The minimum Gasteiger partial charge on any atom is -0.337 e. The van der Waals surface area contributed by atoms with E-state index in [0.717, 1.165) is 12.7 Å². The highest BCUT2D eigenvalue weighted by molar-refractivity contribution is 7.90. The van der Waals surface area contributed by atoms with Gasteiger partial charge in [-0.2, -0.15) is 4.98 Å². The first-order valence-electron chi connectivity index (χ1n) is 10.6. The molecule has 2 N–H and O–H groups in total. The van der Waals surface area contributed by atoms with E-state index in [0.29, 0.717) is 35.8 Å². The van der Waals surface area contributed by atoms with Crippen molar-refractivity contribution in [3.8, 4) is 11.4 Å². The number of nitrogens with zero attached hydrogens (tertiary/aromatic N) is 3. The van der Waals surface area contributed by atoms with Crippen LogP contribution in [0.15, 0.2) is 57.9 Å². The molecule has 33 heavy (non-hydrogen) atoms. The highest BCUT2D eigenvalue weighted by Gasteiger charge is 2.34. The Morgan fingerprint density at radius 3 is 2.67 bits per heavy atom. The molecule has 1 aliphatic heterocycles. The molecule has 8 nitrogen and oxygen atoms in total. The molecule has 10 heteroatoms. The molecule has 0 spiro atoms. The molecule has 174 valence electrons. The third-order valence-electron chi connectivity index (χ3n) is 5.72. The van der Waals surface area contributed by atoms with Gasteiger partial charge in [0.25, 0.3) is 0 Å². The van der Waals surface area contributed by atoms with Crippen LogP contribution in [0.3, 0.4) is 0 Å². The van der Waals surface area contributed by atoms with Gasteiger partial charge in [-0.1, -0.05) is 23.4 Å². The second-order valence-corrected chi connectivity index (χ2v) is 10.3. The third kappa shape index (κ3) is 5.28. The average molecular weight is 473 g/mol. The molecule has 4 rings (SSSR count). The second kappa shape index (κ2) is 9.40. The Balaban J connectivity index is 1.43. The van der Waals surface area contributed by atoms with Crippen molar-refractivity contribution >= 4 is 15.7 Å². The SMILES string of the molecule is CS(=O)(=O)c1ccc(-c2noc([C@H]3CCCN3C(=O)C[C@H](N)Cc3ccccc3F)n2)cc1. The highest BCUT2D eigenvalue weighted by Crippen LogP contribution is 2.33. The number of nitrogens with two attached hydrogens (primary N) is 1. The molecular weight excluding hydrogens is 447 g/mol. The number of hydrogen-bond acceptors (Lipinski definition) is 7. The van der Waals surface area contributed by atoms with Gasteiger partial charge in [0.15, 0.2) is 9.84 Å². The first-order chi connectivity index (χ1) is 15.7. The van der Waals surface area contributed by atoms with E-state index in [4.69, 9.17) is 10.3 Å². The molecule has 3 aromatic rings. The number of carbonyl (C=O) groups is 1. The number of sulfone groups is 1. The number of rotatable bonds is 7. The summed E-state index contributed by atoms with van der Waals surface area (Å²) in [5.74, 6) is 0.173. The summed E-state index contributed by atoms with van der Waals surface area (Å²) in [6.45, 7) is 0.552. The van der Waals surface area contributed by atoms with E-state index < -0.39 is 15.9 Å². The molecule has 0 unspecified atom stereocenters. The molecule has 1 aromatic heterocycles. The van der Waals surface area contributed by atoms with Crippen molar-refractivity contribution in [3.63, 3.8) is 0 Å². The van der Waals surface area contributed by atoms with Crippen LogP contribution in [0, 0.1) is 5.82 Å². The molecule has 0 aliphatic carbocycles. The summed E-state index contributed by atoms with van der Waals surface area (Å²) in [6.07, 6.45) is 2.97. The zero-order valence-electron chi connectivity index (χ0n) is 18.1. The van der Waals surface area contributed by atoms with E-state index in [2.05, 4.69) is 10.1 Å². The van der Waals surface area contributed by atoms with Crippen molar-refractivity contribution in [3.05, 3.63) is 65.8 Å². The first-order valence-corrected chi connectivity index (χ1v) is 12.5. The van der Waals surface area contributed by atoms with Gasteiger partial charge in [0, 0.05) is 30.8 Å². The zero-order valence-corrected chi connectivity index (χ0v) is 19.0. The van der Waals surface area contributed by atoms with Crippen LogP contribution in [-0.2, 0) is 21.1 Å². The fraction of sp³-hybridized carbons (Fsp3) is 0.348. The number of halogens is 1. The summed E-state index contributed by atoms with van der Waals surface area (Å²) in [5.41, 5.74) is 7.24. The van der Waals surface area contributed by atoms with E-state index >= 15 is 0 Å². The zero-order chi connectivity index (χ0) is 23.6. The molecule has 0 radical (unpaired) electrons. The summed E-state index contributed by atoms with van der Waals surface area (Å²) in [5, 5.41) is 4.00. The van der Waals surface area contributed by atoms with Crippen LogP contribution in [0.1, 0.15) is 36.8 Å². The molecule has 0 bridgehead atoms. The molecule has 2 heterocycles. The van der Waals surface area contributed by atoms with Gasteiger partial charge >= 0.3 is 0 Å². The molecule has 1 aliphatic rings. The Labute approximate surface area is 191 Å². The van der Waals surface area contributed by atoms with Crippen molar-refractivity contribution < 1.29 is 22.1 Å². The lowest BCUT2D eigenvalue weighted by Gasteiger charge is -2.23. The summed E-state index contributed by atoms with van der Waals surface area (Å²) in [4.78, 5) is 19.3. The smallest absolute Gasteiger partial charge is 0.249 e. The Bertz CT molecular complexity index is 1240. The van der Waals surface area contributed by atoms with Crippen LogP contribution in [0.4, 0.5) is 4.39 Å². The molecule has 0 saturated carbocycles. The maximum Gasteiger partial charge on any atom is 0.249 e. The summed E-state index contributed by atoms with van der Waals surface area (Å²) < 4.78 is 42.6. The van der Waals surface area contributed by atoms with Gasteiger partial charge in [-0.3, -0.25) is 4.79 Å². The monoisotopic (exact) mass is 472 g/mol. The molecule has 1 fully saturated rings. The lowest BCUT2D eigenvalue weighted by molar-refractivity contribution is -0.132. The van der Waals surface area contributed by atoms with Crippen molar-refractivity contribution in [2.45, 2.75) is 42.7 Å². The topological polar surface area (TPSA) is 119 Å². The first kappa shape index (κ1) is 23.1. The van der Waals surface area contributed by atoms with Crippen molar-refractivity contribution in [1.29, 1.82) is 0 Å². The summed E-state index contributed by atoms with van der Waals surface area (Å²) in [6, 6.07) is 11.7. The Morgan fingerprint density at radius 2 is 1.97 bits per heavy atom. The minimum absolute atomic E-state index is 0.0821. The van der Waals surface area contributed by atoms with Gasteiger partial charge in [-0.15, -0.1) is 0 Å². The number of aromatic nitrogens is 2. The lowest BCUT2D eigenvalue weighted by atomic mass is 10.0. The molecule has 1 saturated heterocycles. The van der Waals surface area contributed by atoms with Crippen LogP contribution in [0.25, 0.3) is 11.4 Å². The lowest BCUT2D eigenvalue weighted by Crippen LogP contribution is -2.36. The molecule has 2 aromatic carbocycles. The summed E-state index contributed by atoms with van der Waals surface area (Å²) in [7, 11) is -3.30. The van der Waals surface area contributed by atoms with Gasteiger partial charge in [-0.25, -0.2) is 12.8 Å². The van der Waals surface area contributed by atoms with Crippen LogP contribution < -0.4 is 5.73 Å². The fourth-order valence-electron chi connectivity index (χ4n) is 4.02. The van der Waals surface area contributed by atoms with E-state index in [1.807, 2.05) is 0 Å². The predicted octanol–water partition coefficient (Wildman–Crippen LogP) is 2.90. The second-order valence-electron chi connectivity index (χ2n) is 8.26. The average Bonchev–Trinajstić information content (AvgIpc) is 3.44. The van der Waals surface area contributed by atoms with Gasteiger partial charge in [0.05, 0.1) is 4.90 Å². The Kier molecular flexibility index (Phi) is 6.57. The number of carbonyl (C=O) groups excluding carboxylic acids is 1. The molecule has 1 amide bonds. The Hall–Kier alpha value is -3.11. The van der Waals surface area contributed by atoms with Crippen molar-refractivity contribution in [2.75, 3.05) is 12.8 Å². The van der Waals surface area contributed by atoms with E-state index in [9.17, 15) is 17.6 Å². The highest BCUT2D eigenvalue weighted by atomic mass is 32.2. The standard InChI is InChI=1S/C23H25FN4O4S/c1-33(30,31)18-10-8-15(9-11-18)22-26-23(32-27-22)20-7-4-12-28(20)21(29)14-17(25)13-16-5-2-3-6-19(16)24/h2-3,5-6,8-11,17,20H,4,7,12-14,25H2,1H3/t17-,20-/m1/s1. The van der Waals surface area contributed by atoms with Crippen LogP contribution in [-0.4, -0.2) is 48.2 Å². The largest absolute Gasteiger partial charge is 0.337 e. The van der Waals surface area contributed by atoms with E-state index in [1.54, 1.807) is 35.2 Å².